The number of para-hydroxylation sites is 1. The van der Waals surface area contributed by atoms with Crippen molar-refractivity contribution in [2.24, 2.45) is 0 Å². The van der Waals surface area contributed by atoms with E-state index in [-0.39, 0.29) is 35.4 Å². The summed E-state index contributed by atoms with van der Waals surface area (Å²) in [7, 11) is 4.23. The van der Waals surface area contributed by atoms with E-state index >= 15 is 0 Å². The number of rotatable bonds is 7. The molecule has 0 aliphatic rings. The maximum atomic E-state index is 13.1. The number of amides is 1. The van der Waals surface area contributed by atoms with Crippen molar-refractivity contribution in [1.82, 2.24) is 10.2 Å². The van der Waals surface area contributed by atoms with Gasteiger partial charge in [-0.1, -0.05) is 36.4 Å². The van der Waals surface area contributed by atoms with E-state index in [0.29, 0.717) is 41.1 Å². The first-order chi connectivity index (χ1) is 23.1. The van der Waals surface area contributed by atoms with Crippen LogP contribution in [-0.2, 0) is 37.8 Å². The summed E-state index contributed by atoms with van der Waals surface area (Å²) in [6.45, 7) is -0.515. The second-order valence-electron chi connectivity index (χ2n) is 10.8. The van der Waals surface area contributed by atoms with Crippen LogP contribution in [0, 0.1) is 0 Å². The molecule has 0 bridgehead atoms. The summed E-state index contributed by atoms with van der Waals surface area (Å²) >= 11 is 0. The van der Waals surface area contributed by atoms with Crippen LogP contribution in [0.5, 0.6) is 5.75 Å². The minimum atomic E-state index is -4.96. The first-order valence-electron chi connectivity index (χ1n) is 14.3. The standard InChI is InChI=1S/C24H19F6NO2.C10H9F6N/c1-31(14-15-11-16(23(25,26)27)13-17(12-15)24(28,29)30)22(32)20-9-4-3-7-18(20)19-8-5-6-10-21(19)33-2;1-17-5-6-2-7(9(11,12)13)4-8(3-6)10(14,15)16/h3-13H,14H2,1-2H3;2-4,17H,5H2,1H3. The minimum Gasteiger partial charge on any atom is -0.496 e. The molecule has 0 saturated carbocycles. The van der Waals surface area contributed by atoms with Crippen molar-refractivity contribution in [2.45, 2.75) is 37.8 Å². The molecule has 0 spiro atoms. The Balaban J connectivity index is 0.000000335. The lowest BCUT2D eigenvalue weighted by atomic mass is 9.97. The zero-order chi connectivity index (χ0) is 37.7. The van der Waals surface area contributed by atoms with E-state index in [4.69, 9.17) is 4.74 Å². The third-order valence-electron chi connectivity index (χ3n) is 7.00. The van der Waals surface area contributed by atoms with E-state index in [1.165, 1.54) is 27.3 Å². The number of benzene rings is 4. The van der Waals surface area contributed by atoms with Crippen molar-refractivity contribution in [2.75, 3.05) is 21.2 Å². The van der Waals surface area contributed by atoms with Crippen LogP contribution in [0.2, 0.25) is 0 Å². The summed E-state index contributed by atoms with van der Waals surface area (Å²) in [5.74, 6) is -0.0597. The normalized spacial score (nSPS) is 12.2. The maximum absolute atomic E-state index is 13.1. The Morgan fingerprint density at radius 3 is 1.44 bits per heavy atom. The molecule has 0 atom stereocenters. The van der Waals surface area contributed by atoms with Gasteiger partial charge in [0.25, 0.3) is 5.91 Å². The van der Waals surface area contributed by atoms with E-state index in [9.17, 15) is 57.5 Å². The fraction of sp³-hybridized carbons (Fsp3) is 0.265. The Hall–Kier alpha value is -4.73. The topological polar surface area (TPSA) is 41.6 Å². The molecule has 0 aliphatic heterocycles. The number of carbonyl (C=O) groups excluding carboxylic acids is 1. The third-order valence-corrected chi connectivity index (χ3v) is 7.00. The summed E-state index contributed by atoms with van der Waals surface area (Å²) in [5, 5.41) is 2.51. The molecule has 4 nitrogen and oxygen atoms in total. The highest BCUT2D eigenvalue weighted by Crippen LogP contribution is 2.38. The van der Waals surface area contributed by atoms with Crippen molar-refractivity contribution in [3.63, 3.8) is 0 Å². The molecule has 4 rings (SSSR count). The maximum Gasteiger partial charge on any atom is 0.416 e. The van der Waals surface area contributed by atoms with Crippen LogP contribution in [0.15, 0.2) is 84.9 Å². The van der Waals surface area contributed by atoms with Crippen molar-refractivity contribution in [3.05, 3.63) is 124 Å². The lowest BCUT2D eigenvalue weighted by Crippen LogP contribution is -2.27. The summed E-state index contributed by atoms with van der Waals surface area (Å²) in [4.78, 5) is 14.2. The van der Waals surface area contributed by atoms with Crippen molar-refractivity contribution in [3.8, 4) is 16.9 Å². The zero-order valence-corrected chi connectivity index (χ0v) is 26.3. The van der Waals surface area contributed by atoms with Gasteiger partial charge in [-0.3, -0.25) is 4.79 Å². The molecular weight excluding hydrogens is 696 g/mol. The molecule has 4 aromatic carbocycles. The largest absolute Gasteiger partial charge is 0.496 e. The number of alkyl halides is 12. The van der Waals surface area contributed by atoms with Gasteiger partial charge in [0, 0.05) is 31.3 Å². The van der Waals surface area contributed by atoms with Crippen LogP contribution in [-0.4, -0.2) is 32.0 Å². The first kappa shape index (κ1) is 39.7. The van der Waals surface area contributed by atoms with Crippen molar-refractivity contribution >= 4 is 5.91 Å². The van der Waals surface area contributed by atoms with Crippen LogP contribution < -0.4 is 10.1 Å². The van der Waals surface area contributed by atoms with Crippen molar-refractivity contribution in [1.29, 1.82) is 0 Å². The van der Waals surface area contributed by atoms with Gasteiger partial charge < -0.3 is 15.0 Å². The molecule has 0 saturated heterocycles. The van der Waals surface area contributed by atoms with Crippen LogP contribution in [0.25, 0.3) is 11.1 Å². The molecule has 1 N–H and O–H groups in total. The summed E-state index contributed by atoms with van der Waals surface area (Å²) in [6.07, 6.45) is -19.5. The lowest BCUT2D eigenvalue weighted by Gasteiger charge is -2.21. The van der Waals surface area contributed by atoms with Crippen molar-refractivity contribution < 1.29 is 62.2 Å². The molecule has 0 aliphatic carbocycles. The number of methoxy groups -OCH3 is 1. The van der Waals surface area contributed by atoms with Gasteiger partial charge in [0.1, 0.15) is 5.75 Å². The average molecular weight is 725 g/mol. The van der Waals surface area contributed by atoms with E-state index in [0.717, 1.165) is 4.90 Å². The summed E-state index contributed by atoms with van der Waals surface area (Å²) in [6, 6.07) is 16.3. The summed E-state index contributed by atoms with van der Waals surface area (Å²) in [5.41, 5.74) is -4.42. The molecule has 1 amide bonds. The number of ether oxygens (including phenoxy) is 1. The molecular formula is C34H28F12N2O2. The molecule has 16 heteroatoms. The first-order valence-corrected chi connectivity index (χ1v) is 14.3. The Bertz CT molecular complexity index is 1710. The van der Waals surface area contributed by atoms with Crippen LogP contribution in [0.1, 0.15) is 43.7 Å². The average Bonchev–Trinajstić information content (AvgIpc) is 3.03. The smallest absolute Gasteiger partial charge is 0.416 e. The Morgan fingerprint density at radius 1 is 0.620 bits per heavy atom. The molecule has 4 aromatic rings. The highest BCUT2D eigenvalue weighted by Gasteiger charge is 2.38. The van der Waals surface area contributed by atoms with E-state index in [1.54, 1.807) is 42.5 Å². The minimum absolute atomic E-state index is 0.0578. The fourth-order valence-electron chi connectivity index (χ4n) is 4.76. The molecule has 0 fully saturated rings. The van der Waals surface area contributed by atoms with Gasteiger partial charge in [-0.2, -0.15) is 52.7 Å². The fourth-order valence-corrected chi connectivity index (χ4v) is 4.76. The van der Waals surface area contributed by atoms with Gasteiger partial charge >= 0.3 is 24.7 Å². The highest BCUT2D eigenvalue weighted by atomic mass is 19.4. The molecule has 0 heterocycles. The van der Waals surface area contributed by atoms with Gasteiger partial charge in [-0.25, -0.2) is 0 Å². The number of nitrogens with one attached hydrogen (secondary N) is 1. The van der Waals surface area contributed by atoms with E-state index < -0.39 is 59.4 Å². The van der Waals surface area contributed by atoms with Gasteiger partial charge in [-0.05, 0) is 72.3 Å². The SMILES string of the molecule is CNCc1cc(C(F)(F)F)cc(C(F)(F)F)c1.COc1ccccc1-c1ccccc1C(=O)N(C)Cc1cc(C(F)(F)F)cc(C(F)(F)F)c1. The van der Waals surface area contributed by atoms with Gasteiger partial charge in [-0.15, -0.1) is 0 Å². The molecule has 0 unspecified atom stereocenters. The van der Waals surface area contributed by atoms with Crippen LogP contribution >= 0.6 is 0 Å². The van der Waals surface area contributed by atoms with Gasteiger partial charge in [0.2, 0.25) is 0 Å². The second-order valence-corrected chi connectivity index (χ2v) is 10.8. The van der Waals surface area contributed by atoms with Crippen LogP contribution in [0.3, 0.4) is 0 Å². The third kappa shape index (κ3) is 10.4. The molecule has 0 aromatic heterocycles. The van der Waals surface area contributed by atoms with Gasteiger partial charge in [0.05, 0.1) is 29.4 Å². The van der Waals surface area contributed by atoms with E-state index in [1.807, 2.05) is 0 Å². The monoisotopic (exact) mass is 724 g/mol. The Labute approximate surface area is 278 Å². The second kappa shape index (κ2) is 15.4. The molecule has 270 valence electrons. The number of carbonyl (C=O) groups is 1. The van der Waals surface area contributed by atoms with Crippen LogP contribution in [0.4, 0.5) is 52.7 Å². The molecule has 0 radical (unpaired) electrons. The highest BCUT2D eigenvalue weighted by molar-refractivity contribution is 6.01. The Kier molecular flexibility index (Phi) is 12.3. The number of hydrogen-bond donors (Lipinski definition) is 1. The number of halogens is 12. The summed E-state index contributed by atoms with van der Waals surface area (Å²) < 4.78 is 159. The number of hydrogen-bond acceptors (Lipinski definition) is 3. The number of nitrogens with zero attached hydrogens (tertiary/aromatic N) is 1. The predicted octanol–water partition coefficient (Wildman–Crippen LogP) is 10.1. The lowest BCUT2D eigenvalue weighted by molar-refractivity contribution is -0.144. The van der Waals surface area contributed by atoms with E-state index in [2.05, 4.69) is 5.32 Å². The Morgan fingerprint density at radius 2 is 1.02 bits per heavy atom. The quantitative estimate of drug-likeness (QED) is 0.193. The molecule has 50 heavy (non-hydrogen) atoms. The predicted molar refractivity (Wildman–Crippen MR) is 160 cm³/mol. The van der Waals surface area contributed by atoms with Gasteiger partial charge in [0.15, 0.2) is 0 Å². The zero-order valence-electron chi connectivity index (χ0n) is 26.3.